The van der Waals surface area contributed by atoms with Crippen LogP contribution in [-0.4, -0.2) is 32.6 Å². The van der Waals surface area contributed by atoms with Crippen LogP contribution in [0.25, 0.3) is 22.5 Å². The zero-order chi connectivity index (χ0) is 25.7. The molecule has 4 aromatic rings. The average Bonchev–Trinajstić information content (AvgIpc) is 3.39. The summed E-state index contributed by atoms with van der Waals surface area (Å²) < 4.78 is 20.6. The van der Waals surface area contributed by atoms with Gasteiger partial charge in [0, 0.05) is 5.56 Å². The third kappa shape index (κ3) is 5.76. The average molecular weight is 488 g/mol. The van der Waals surface area contributed by atoms with Gasteiger partial charge in [0.15, 0.2) is 0 Å². The molecule has 4 rings (SSSR count). The molecule has 0 radical (unpaired) electrons. The minimum atomic E-state index is -0.411. The van der Waals surface area contributed by atoms with Gasteiger partial charge in [0.1, 0.15) is 17.7 Å². The highest BCUT2D eigenvalue weighted by Gasteiger charge is 2.22. The summed E-state index contributed by atoms with van der Waals surface area (Å²) in [7, 11) is 0. The highest BCUT2D eigenvalue weighted by molar-refractivity contribution is 5.95. The van der Waals surface area contributed by atoms with E-state index in [9.17, 15) is 9.18 Å². The molecule has 7 nitrogen and oxygen atoms in total. The summed E-state index contributed by atoms with van der Waals surface area (Å²) in [6.45, 7) is 8.43. The van der Waals surface area contributed by atoms with Crippen molar-refractivity contribution in [2.45, 2.75) is 40.2 Å². The highest BCUT2D eigenvalue weighted by atomic mass is 19.1. The fourth-order valence-electron chi connectivity index (χ4n) is 4.30. The van der Waals surface area contributed by atoms with E-state index in [1.165, 1.54) is 6.07 Å². The summed E-state index contributed by atoms with van der Waals surface area (Å²) in [5, 5.41) is 17.3. The van der Waals surface area contributed by atoms with Crippen molar-refractivity contribution in [3.8, 4) is 28.3 Å². The maximum atomic E-state index is 14.2. The number of hydrogen-bond acceptors (Lipinski definition) is 5. The van der Waals surface area contributed by atoms with Crippen LogP contribution in [-0.2, 0) is 11.2 Å². The number of H-pyrrole nitrogens is 1. The summed E-state index contributed by atoms with van der Waals surface area (Å²) in [6, 6.07) is 19.6. The molecule has 1 heterocycles. The van der Waals surface area contributed by atoms with E-state index in [1.54, 1.807) is 18.2 Å². The minimum absolute atomic E-state index is 0.0512. The monoisotopic (exact) mass is 487 g/mol. The number of carbonyl (C=O) groups excluding carboxylic acids is 1. The molecule has 1 aromatic heterocycles. The third-order valence-electron chi connectivity index (χ3n) is 5.96. The number of aromatic amines is 1. The van der Waals surface area contributed by atoms with Gasteiger partial charge in [0.2, 0.25) is 11.7 Å². The van der Waals surface area contributed by atoms with E-state index in [0.717, 1.165) is 16.7 Å². The van der Waals surface area contributed by atoms with E-state index < -0.39 is 5.82 Å². The van der Waals surface area contributed by atoms with Gasteiger partial charge in [0.25, 0.3) is 0 Å². The second-order valence-electron chi connectivity index (χ2n) is 9.38. The Kier molecular flexibility index (Phi) is 7.73. The Bertz CT molecular complexity index is 1310. The summed E-state index contributed by atoms with van der Waals surface area (Å²) in [5.41, 5.74) is 3.36. The molecule has 0 atom stereocenters. The number of tetrazole rings is 1. The Hall–Kier alpha value is -4.07. The number of carbonyl (C=O) groups is 1. The SMILES string of the molecule is CC(C)C(Oc1ccc(-c2ccccc2-c2nn[nH]n2)cc1NC(=O)Cc1ccccc1F)C(C)C. The van der Waals surface area contributed by atoms with Gasteiger partial charge in [0.05, 0.1) is 12.1 Å². The van der Waals surface area contributed by atoms with Crippen molar-refractivity contribution in [1.29, 1.82) is 0 Å². The van der Waals surface area contributed by atoms with Gasteiger partial charge in [-0.05, 0) is 51.9 Å². The standard InChI is InChI=1S/C28H30FN5O2/c1-17(2)27(18(3)4)36-25-14-13-19(21-10-6-7-11-22(21)28-31-33-34-32-28)15-24(25)30-26(35)16-20-9-5-8-12-23(20)29/h5-15,17-18,27H,16H2,1-4H3,(H,30,35)(H,31,32,33,34). The van der Waals surface area contributed by atoms with Gasteiger partial charge >= 0.3 is 0 Å². The Morgan fingerprint density at radius 1 is 0.972 bits per heavy atom. The van der Waals surface area contributed by atoms with E-state index in [1.807, 2.05) is 42.5 Å². The lowest BCUT2D eigenvalue weighted by molar-refractivity contribution is -0.115. The maximum absolute atomic E-state index is 14.2. The van der Waals surface area contributed by atoms with Crippen molar-refractivity contribution in [1.82, 2.24) is 20.6 Å². The fraction of sp³-hybridized carbons (Fsp3) is 0.286. The van der Waals surface area contributed by atoms with E-state index in [-0.39, 0.29) is 30.3 Å². The molecule has 0 saturated heterocycles. The topological polar surface area (TPSA) is 92.8 Å². The predicted octanol–water partition coefficient (Wildman–Crippen LogP) is 5.91. The lowest BCUT2D eigenvalue weighted by Gasteiger charge is -2.27. The molecular weight excluding hydrogens is 457 g/mol. The summed E-state index contributed by atoms with van der Waals surface area (Å²) >= 11 is 0. The first-order valence-corrected chi connectivity index (χ1v) is 12.0. The second-order valence-corrected chi connectivity index (χ2v) is 9.38. The van der Waals surface area contributed by atoms with E-state index in [2.05, 4.69) is 53.6 Å². The zero-order valence-corrected chi connectivity index (χ0v) is 20.8. The van der Waals surface area contributed by atoms with Crippen molar-refractivity contribution in [2.24, 2.45) is 11.8 Å². The zero-order valence-electron chi connectivity index (χ0n) is 20.8. The molecule has 0 bridgehead atoms. The van der Waals surface area contributed by atoms with Crippen molar-refractivity contribution in [2.75, 3.05) is 5.32 Å². The smallest absolute Gasteiger partial charge is 0.229 e. The van der Waals surface area contributed by atoms with Crippen LogP contribution in [0.3, 0.4) is 0 Å². The summed E-state index contributed by atoms with van der Waals surface area (Å²) in [4.78, 5) is 13.0. The number of hydrogen-bond donors (Lipinski definition) is 2. The van der Waals surface area contributed by atoms with Crippen LogP contribution in [0.2, 0.25) is 0 Å². The number of ether oxygens (including phenoxy) is 1. The van der Waals surface area contributed by atoms with Crippen LogP contribution in [0.5, 0.6) is 5.75 Å². The van der Waals surface area contributed by atoms with E-state index in [4.69, 9.17) is 4.74 Å². The van der Waals surface area contributed by atoms with Gasteiger partial charge in [-0.15, -0.1) is 10.2 Å². The van der Waals surface area contributed by atoms with Crippen molar-refractivity contribution in [3.63, 3.8) is 0 Å². The number of benzene rings is 3. The van der Waals surface area contributed by atoms with E-state index >= 15 is 0 Å². The molecule has 0 saturated carbocycles. The number of halogens is 1. The number of nitrogens with zero attached hydrogens (tertiary/aromatic N) is 3. The molecule has 0 fully saturated rings. The summed E-state index contributed by atoms with van der Waals surface area (Å²) in [6.07, 6.45) is -0.141. The molecule has 1 amide bonds. The first-order valence-electron chi connectivity index (χ1n) is 12.0. The third-order valence-corrected chi connectivity index (χ3v) is 5.96. The van der Waals surface area contributed by atoms with Gasteiger partial charge in [-0.1, -0.05) is 76.2 Å². The summed E-state index contributed by atoms with van der Waals surface area (Å²) in [5.74, 6) is 0.822. The Morgan fingerprint density at radius 2 is 1.67 bits per heavy atom. The van der Waals surface area contributed by atoms with Crippen molar-refractivity contribution >= 4 is 11.6 Å². The van der Waals surface area contributed by atoms with Gasteiger partial charge in [-0.25, -0.2) is 4.39 Å². The highest BCUT2D eigenvalue weighted by Crippen LogP contribution is 2.36. The number of aromatic nitrogens is 4. The van der Waals surface area contributed by atoms with Crippen LogP contribution in [0.1, 0.15) is 33.3 Å². The Morgan fingerprint density at radius 3 is 2.33 bits per heavy atom. The molecule has 2 N–H and O–H groups in total. The lowest BCUT2D eigenvalue weighted by Crippen LogP contribution is -2.29. The number of nitrogens with one attached hydrogen (secondary N) is 2. The van der Waals surface area contributed by atoms with Gasteiger partial charge in [-0.3, -0.25) is 4.79 Å². The molecule has 8 heteroatoms. The molecule has 0 aliphatic rings. The molecule has 0 aliphatic heterocycles. The molecule has 0 spiro atoms. The van der Waals surface area contributed by atoms with Crippen LogP contribution in [0.4, 0.5) is 10.1 Å². The quantitative estimate of drug-likeness (QED) is 0.306. The lowest BCUT2D eigenvalue weighted by atomic mass is 9.96. The van der Waals surface area contributed by atoms with Crippen LogP contribution < -0.4 is 10.1 Å². The largest absolute Gasteiger partial charge is 0.488 e. The molecule has 0 unspecified atom stereocenters. The predicted molar refractivity (Wildman–Crippen MR) is 138 cm³/mol. The van der Waals surface area contributed by atoms with Gasteiger partial charge < -0.3 is 10.1 Å². The Balaban J connectivity index is 1.72. The van der Waals surface area contributed by atoms with Gasteiger partial charge in [-0.2, -0.15) is 5.21 Å². The molecule has 186 valence electrons. The number of rotatable bonds is 9. The van der Waals surface area contributed by atoms with Crippen LogP contribution in [0, 0.1) is 17.7 Å². The second kappa shape index (κ2) is 11.1. The Labute approximate surface area is 210 Å². The van der Waals surface area contributed by atoms with Crippen molar-refractivity contribution < 1.29 is 13.9 Å². The van der Waals surface area contributed by atoms with Crippen molar-refractivity contribution in [3.05, 3.63) is 78.1 Å². The molecule has 0 aliphatic carbocycles. The normalized spacial score (nSPS) is 11.3. The first kappa shape index (κ1) is 25.0. The van der Waals surface area contributed by atoms with Crippen LogP contribution in [0.15, 0.2) is 66.7 Å². The van der Waals surface area contributed by atoms with E-state index in [0.29, 0.717) is 22.8 Å². The van der Waals surface area contributed by atoms with Crippen LogP contribution >= 0.6 is 0 Å². The molecular formula is C28H30FN5O2. The fourth-order valence-corrected chi connectivity index (χ4v) is 4.30. The minimum Gasteiger partial charge on any atom is -0.488 e. The number of anilines is 1. The number of amides is 1. The molecule has 36 heavy (non-hydrogen) atoms. The first-order chi connectivity index (χ1) is 17.3. The molecule has 3 aromatic carbocycles. The maximum Gasteiger partial charge on any atom is 0.229 e.